The predicted octanol–water partition coefficient (Wildman–Crippen LogP) is 4.87. The summed E-state index contributed by atoms with van der Waals surface area (Å²) >= 11 is 3.68. The minimum absolute atomic E-state index is 0.521. The second-order valence-electron chi connectivity index (χ2n) is 6.76. The van der Waals surface area contributed by atoms with Gasteiger partial charge in [-0.1, -0.05) is 47.6 Å². The molecule has 0 aliphatic carbocycles. The van der Waals surface area contributed by atoms with Crippen molar-refractivity contribution in [3.63, 3.8) is 0 Å². The maximum atomic E-state index is 11.0. The molecule has 1 atom stereocenters. The number of nitrogens with zero attached hydrogens (tertiary/aromatic N) is 2. The summed E-state index contributed by atoms with van der Waals surface area (Å²) in [5.74, 6) is -0.664. The number of aliphatic hydroxyl groups excluding tert-OH is 1. The zero-order valence-corrected chi connectivity index (χ0v) is 17.8. The molecule has 31 heavy (non-hydrogen) atoms. The monoisotopic (exact) mass is 479 g/mol. The van der Waals surface area contributed by atoms with E-state index in [9.17, 15) is 4.79 Å². The van der Waals surface area contributed by atoms with E-state index in [2.05, 4.69) is 31.4 Å². The summed E-state index contributed by atoms with van der Waals surface area (Å²) in [4.78, 5) is 15.0. The SMILES string of the molecule is O=C(O)[C@H](CO)N=Cc1ccc2onc(Nc3cccc(-c4ccccc4)c3Br)c2c1. The molecular weight excluding hydrogens is 462 g/mol. The van der Waals surface area contributed by atoms with Crippen LogP contribution in [0.1, 0.15) is 5.56 Å². The smallest absolute Gasteiger partial charge is 0.330 e. The molecule has 4 aromatic rings. The molecule has 0 fully saturated rings. The van der Waals surface area contributed by atoms with E-state index in [4.69, 9.17) is 14.7 Å². The van der Waals surface area contributed by atoms with Crippen LogP contribution in [0.4, 0.5) is 11.5 Å². The molecular formula is C23H18BrN3O4. The highest BCUT2D eigenvalue weighted by Crippen LogP contribution is 2.36. The second-order valence-corrected chi connectivity index (χ2v) is 7.55. The molecule has 0 spiro atoms. The Labute approximate surface area is 186 Å². The minimum atomic E-state index is -1.20. The van der Waals surface area contributed by atoms with Gasteiger partial charge in [-0.2, -0.15) is 0 Å². The molecule has 0 bridgehead atoms. The summed E-state index contributed by atoms with van der Waals surface area (Å²) in [6.45, 7) is -0.570. The molecule has 1 heterocycles. The molecule has 3 aromatic carbocycles. The predicted molar refractivity (Wildman–Crippen MR) is 123 cm³/mol. The van der Waals surface area contributed by atoms with Gasteiger partial charge in [-0.15, -0.1) is 0 Å². The molecule has 0 aliphatic heterocycles. The molecule has 0 radical (unpaired) electrons. The number of aliphatic imine (C=N–C) groups is 1. The summed E-state index contributed by atoms with van der Waals surface area (Å²) in [5.41, 5.74) is 4.18. The van der Waals surface area contributed by atoms with Crippen molar-refractivity contribution < 1.29 is 19.5 Å². The Kier molecular flexibility index (Phi) is 6.11. The van der Waals surface area contributed by atoms with Crippen molar-refractivity contribution >= 4 is 50.6 Å². The first kappa shape index (κ1) is 20.8. The highest BCUT2D eigenvalue weighted by Gasteiger charge is 2.15. The number of aliphatic carboxylic acids is 1. The van der Waals surface area contributed by atoms with Gasteiger partial charge < -0.3 is 20.1 Å². The van der Waals surface area contributed by atoms with Crippen LogP contribution in [-0.2, 0) is 4.79 Å². The van der Waals surface area contributed by atoms with E-state index < -0.39 is 18.6 Å². The van der Waals surface area contributed by atoms with Crippen LogP contribution in [0.5, 0.6) is 0 Å². The normalized spacial score (nSPS) is 12.3. The highest BCUT2D eigenvalue weighted by atomic mass is 79.9. The van der Waals surface area contributed by atoms with Gasteiger partial charge in [0, 0.05) is 10.7 Å². The standard InChI is InChI=1S/C23H18BrN3O4/c24-21-16(15-5-2-1-3-6-15)7-4-8-18(21)26-22-17-11-14(9-10-20(17)31-27-22)12-25-19(13-28)23(29)30/h1-12,19,28H,13H2,(H,26,27)(H,29,30)/t19-/m0/s1. The number of halogens is 1. The van der Waals surface area contributed by atoms with Gasteiger partial charge in [-0.3, -0.25) is 4.99 Å². The Hall–Kier alpha value is -3.49. The summed E-state index contributed by atoms with van der Waals surface area (Å²) in [6, 6.07) is 20.0. The number of aromatic nitrogens is 1. The van der Waals surface area contributed by atoms with E-state index in [0.29, 0.717) is 17.0 Å². The molecule has 3 N–H and O–H groups in total. The second kappa shape index (κ2) is 9.11. The lowest BCUT2D eigenvalue weighted by atomic mass is 10.1. The van der Waals surface area contributed by atoms with E-state index >= 15 is 0 Å². The van der Waals surface area contributed by atoms with Crippen LogP contribution in [0.2, 0.25) is 0 Å². The van der Waals surface area contributed by atoms with Crippen molar-refractivity contribution in [2.45, 2.75) is 6.04 Å². The molecule has 0 unspecified atom stereocenters. The zero-order chi connectivity index (χ0) is 21.8. The lowest BCUT2D eigenvalue weighted by Gasteiger charge is -2.11. The number of anilines is 2. The van der Waals surface area contributed by atoms with Gasteiger partial charge in [0.2, 0.25) is 0 Å². The van der Waals surface area contributed by atoms with Gasteiger partial charge in [0.25, 0.3) is 0 Å². The van der Waals surface area contributed by atoms with Crippen molar-refractivity contribution in [3.05, 3.63) is 76.8 Å². The minimum Gasteiger partial charge on any atom is -0.480 e. The third-order valence-electron chi connectivity index (χ3n) is 4.69. The fraction of sp³-hybridized carbons (Fsp3) is 0.0870. The number of carboxylic acids is 1. The van der Waals surface area contributed by atoms with Crippen LogP contribution in [-0.4, -0.2) is 40.2 Å². The Morgan fingerprint density at radius 2 is 1.97 bits per heavy atom. The maximum absolute atomic E-state index is 11.0. The number of carbonyl (C=O) groups is 1. The number of rotatable bonds is 7. The average molecular weight is 480 g/mol. The molecule has 7 nitrogen and oxygen atoms in total. The van der Waals surface area contributed by atoms with Crippen LogP contribution in [0, 0.1) is 0 Å². The number of hydrogen-bond donors (Lipinski definition) is 3. The van der Waals surface area contributed by atoms with Gasteiger partial charge in [0.05, 0.1) is 17.7 Å². The lowest BCUT2D eigenvalue weighted by molar-refractivity contribution is -0.139. The van der Waals surface area contributed by atoms with Crippen LogP contribution in [0.25, 0.3) is 22.1 Å². The number of nitrogens with one attached hydrogen (secondary N) is 1. The Morgan fingerprint density at radius 1 is 1.16 bits per heavy atom. The molecule has 4 rings (SSSR count). The first-order chi connectivity index (χ1) is 15.1. The number of benzene rings is 3. The fourth-order valence-electron chi connectivity index (χ4n) is 3.09. The fourth-order valence-corrected chi connectivity index (χ4v) is 3.68. The molecule has 0 saturated heterocycles. The Bertz CT molecular complexity index is 1250. The van der Waals surface area contributed by atoms with E-state index in [0.717, 1.165) is 26.7 Å². The largest absolute Gasteiger partial charge is 0.480 e. The Morgan fingerprint density at radius 3 is 2.71 bits per heavy atom. The summed E-state index contributed by atoms with van der Waals surface area (Å²) in [5, 5.41) is 26.3. The topological polar surface area (TPSA) is 108 Å². The number of aliphatic hydroxyl groups is 1. The molecule has 0 saturated carbocycles. The van der Waals surface area contributed by atoms with Gasteiger partial charge in [-0.25, -0.2) is 4.79 Å². The van der Waals surface area contributed by atoms with Crippen LogP contribution in [0.15, 0.2) is 80.7 Å². The molecule has 156 valence electrons. The molecule has 1 aromatic heterocycles. The molecule has 8 heteroatoms. The van der Waals surface area contributed by atoms with Crippen LogP contribution < -0.4 is 5.32 Å². The van der Waals surface area contributed by atoms with Gasteiger partial charge in [0.1, 0.15) is 0 Å². The van der Waals surface area contributed by atoms with Crippen molar-refractivity contribution in [2.75, 3.05) is 11.9 Å². The van der Waals surface area contributed by atoms with Gasteiger partial charge >= 0.3 is 5.97 Å². The first-order valence-electron chi connectivity index (χ1n) is 9.44. The quantitative estimate of drug-likeness (QED) is 0.326. The zero-order valence-electron chi connectivity index (χ0n) is 16.2. The first-order valence-corrected chi connectivity index (χ1v) is 10.2. The Balaban J connectivity index is 1.65. The van der Waals surface area contributed by atoms with Crippen molar-refractivity contribution in [1.29, 1.82) is 0 Å². The van der Waals surface area contributed by atoms with Crippen molar-refractivity contribution in [3.8, 4) is 11.1 Å². The number of fused-ring (bicyclic) bond motifs is 1. The van der Waals surface area contributed by atoms with Gasteiger partial charge in [0.15, 0.2) is 17.4 Å². The van der Waals surface area contributed by atoms with E-state index in [1.54, 1.807) is 18.2 Å². The van der Waals surface area contributed by atoms with Crippen molar-refractivity contribution in [1.82, 2.24) is 5.16 Å². The van der Waals surface area contributed by atoms with Gasteiger partial charge in [-0.05, 0) is 56.9 Å². The van der Waals surface area contributed by atoms with E-state index in [-0.39, 0.29) is 0 Å². The van der Waals surface area contributed by atoms with E-state index in [1.807, 2.05) is 48.5 Å². The molecule has 0 amide bonds. The summed E-state index contributed by atoms with van der Waals surface area (Å²) < 4.78 is 6.30. The van der Waals surface area contributed by atoms with Crippen LogP contribution >= 0.6 is 15.9 Å². The average Bonchev–Trinajstić information content (AvgIpc) is 3.18. The summed E-state index contributed by atoms with van der Waals surface area (Å²) in [6.07, 6.45) is 1.41. The summed E-state index contributed by atoms with van der Waals surface area (Å²) in [7, 11) is 0. The van der Waals surface area contributed by atoms with Crippen molar-refractivity contribution in [2.24, 2.45) is 4.99 Å². The number of carboxylic acid groups (broad SMARTS) is 1. The highest BCUT2D eigenvalue weighted by molar-refractivity contribution is 9.10. The molecule has 0 aliphatic rings. The number of hydrogen-bond acceptors (Lipinski definition) is 6. The van der Waals surface area contributed by atoms with E-state index in [1.165, 1.54) is 6.21 Å². The maximum Gasteiger partial charge on any atom is 0.330 e. The van der Waals surface area contributed by atoms with Crippen LogP contribution in [0.3, 0.4) is 0 Å². The lowest BCUT2D eigenvalue weighted by Crippen LogP contribution is -2.22. The third kappa shape index (κ3) is 4.50. The third-order valence-corrected chi connectivity index (χ3v) is 5.55.